The largest absolute Gasteiger partial charge is 0.444 e. The van der Waals surface area contributed by atoms with E-state index < -0.39 is 11.4 Å². The minimum Gasteiger partial charge on any atom is -0.444 e. The second-order valence-corrected chi connectivity index (χ2v) is 13.1. The summed E-state index contributed by atoms with van der Waals surface area (Å²) in [5, 5.41) is 0.875. The molecule has 0 radical (unpaired) electrons. The van der Waals surface area contributed by atoms with Gasteiger partial charge in [-0.05, 0) is 90.5 Å². The number of anilines is 1. The van der Waals surface area contributed by atoms with Crippen LogP contribution < -0.4 is 5.73 Å². The van der Waals surface area contributed by atoms with E-state index in [1.165, 1.54) is 6.33 Å². The summed E-state index contributed by atoms with van der Waals surface area (Å²) >= 11 is 0. The summed E-state index contributed by atoms with van der Waals surface area (Å²) in [6, 6.07) is 2.12. The zero-order chi connectivity index (χ0) is 26.9. The normalized spacial score (nSPS) is 30.1. The number of nitrogens with two attached hydrogens (primary N) is 1. The van der Waals surface area contributed by atoms with E-state index in [1.807, 2.05) is 45.6 Å². The number of amides is 1. The maximum Gasteiger partial charge on any atom is 0.410 e. The van der Waals surface area contributed by atoms with Gasteiger partial charge in [0.15, 0.2) is 5.79 Å². The van der Waals surface area contributed by atoms with Crippen molar-refractivity contribution in [3.05, 3.63) is 30.2 Å². The molecule has 2 aliphatic heterocycles. The lowest BCUT2D eigenvalue weighted by Crippen LogP contribution is -2.45. The van der Waals surface area contributed by atoms with Gasteiger partial charge in [-0.15, -0.1) is 0 Å². The molecule has 0 bridgehead atoms. The Balaban J connectivity index is 1.20. The number of likely N-dealkylation sites (tertiary alicyclic amines) is 1. The van der Waals surface area contributed by atoms with Crippen LogP contribution in [0.15, 0.2) is 30.2 Å². The first kappa shape index (κ1) is 25.6. The van der Waals surface area contributed by atoms with Crippen LogP contribution in [0, 0.1) is 11.3 Å². The SMILES string of the molecule is CC(C)(C)OC(=O)N1CCC2(CCC=C2C[C@H]2C[C@@H](n3ccc4c(N)ncnc43)[C@@H]3OC(C)(C)O[C@H]23)CC1. The summed E-state index contributed by atoms with van der Waals surface area (Å²) < 4.78 is 20.9. The van der Waals surface area contributed by atoms with Crippen LogP contribution in [-0.2, 0) is 14.2 Å². The predicted octanol–water partition coefficient (Wildman–Crippen LogP) is 5.22. The fraction of sp³-hybridized carbons (Fsp3) is 0.690. The zero-order valence-electron chi connectivity index (χ0n) is 23.3. The molecule has 9 nitrogen and oxygen atoms in total. The molecule has 0 aromatic carbocycles. The van der Waals surface area contributed by atoms with Crippen molar-refractivity contribution in [3.8, 4) is 0 Å². The van der Waals surface area contributed by atoms with Crippen LogP contribution in [0.2, 0.25) is 0 Å². The van der Waals surface area contributed by atoms with Gasteiger partial charge in [0.1, 0.15) is 29.5 Å². The molecular formula is C29H41N5O4. The first-order valence-electron chi connectivity index (χ1n) is 14.0. The summed E-state index contributed by atoms with van der Waals surface area (Å²) in [5.74, 6) is 0.219. The maximum atomic E-state index is 12.7. The molecule has 4 atom stereocenters. The molecule has 2 aliphatic carbocycles. The minimum absolute atomic E-state index is 0.0204. The molecule has 0 unspecified atom stereocenters. The summed E-state index contributed by atoms with van der Waals surface area (Å²) in [4.78, 5) is 23.3. The van der Waals surface area contributed by atoms with E-state index in [9.17, 15) is 4.79 Å². The van der Waals surface area contributed by atoms with Gasteiger partial charge in [0.05, 0.1) is 17.5 Å². The van der Waals surface area contributed by atoms with Crippen molar-refractivity contribution in [3.63, 3.8) is 0 Å². The summed E-state index contributed by atoms with van der Waals surface area (Å²) in [6.45, 7) is 11.3. The highest BCUT2D eigenvalue weighted by Gasteiger charge is 2.55. The Morgan fingerprint density at radius 1 is 1.16 bits per heavy atom. The lowest BCUT2D eigenvalue weighted by atomic mass is 9.70. The van der Waals surface area contributed by atoms with Crippen molar-refractivity contribution in [2.24, 2.45) is 11.3 Å². The Kier molecular flexibility index (Phi) is 6.03. The van der Waals surface area contributed by atoms with Crippen LogP contribution >= 0.6 is 0 Å². The molecule has 6 rings (SSSR count). The third-order valence-corrected chi connectivity index (χ3v) is 9.00. The molecule has 2 N–H and O–H groups in total. The number of piperidine rings is 1. The molecule has 1 spiro atoms. The molecule has 4 heterocycles. The van der Waals surface area contributed by atoms with Gasteiger partial charge in [-0.3, -0.25) is 0 Å². The lowest BCUT2D eigenvalue weighted by Gasteiger charge is -2.42. The van der Waals surface area contributed by atoms with E-state index in [2.05, 4.69) is 26.8 Å². The van der Waals surface area contributed by atoms with Gasteiger partial charge >= 0.3 is 6.09 Å². The number of ether oxygens (including phenoxy) is 3. The second kappa shape index (κ2) is 8.95. The highest BCUT2D eigenvalue weighted by molar-refractivity contribution is 5.86. The van der Waals surface area contributed by atoms with Gasteiger partial charge in [-0.1, -0.05) is 11.6 Å². The molecule has 9 heteroatoms. The number of nitrogens with zero attached hydrogens (tertiary/aromatic N) is 4. The molecule has 1 amide bonds. The standard InChI is InChI=1S/C29H41N5O4/c1-27(2,3)38-26(35)33-13-10-29(11-14-33)9-6-7-19(29)15-18-16-21(23-22(18)36-28(4,5)37-23)34-12-8-20-24(30)31-17-32-25(20)34/h7-8,12,17-18,21-23H,6,9-11,13-16H2,1-5H3,(H2,30,31,32)/t18-,21+,22+,23-/m0/s1. The van der Waals surface area contributed by atoms with Crippen molar-refractivity contribution in [2.75, 3.05) is 18.8 Å². The van der Waals surface area contributed by atoms with Crippen LogP contribution in [0.25, 0.3) is 11.0 Å². The first-order chi connectivity index (χ1) is 17.9. The number of rotatable bonds is 3. The smallest absolute Gasteiger partial charge is 0.410 e. The Hall–Kier alpha value is -2.65. The van der Waals surface area contributed by atoms with Crippen LogP contribution in [0.3, 0.4) is 0 Å². The Bertz CT molecular complexity index is 1250. The maximum absolute atomic E-state index is 12.7. The average molecular weight is 524 g/mol. The van der Waals surface area contributed by atoms with E-state index in [4.69, 9.17) is 19.9 Å². The van der Waals surface area contributed by atoms with Crippen LogP contribution in [0.5, 0.6) is 0 Å². The van der Waals surface area contributed by atoms with E-state index in [-0.39, 0.29) is 29.8 Å². The van der Waals surface area contributed by atoms with Crippen LogP contribution in [0.4, 0.5) is 10.6 Å². The molecule has 2 saturated heterocycles. The number of nitrogen functional groups attached to an aromatic ring is 1. The van der Waals surface area contributed by atoms with E-state index >= 15 is 0 Å². The summed E-state index contributed by atoms with van der Waals surface area (Å²) in [7, 11) is 0. The number of carbonyl (C=O) groups excluding carboxylic acids is 1. The predicted molar refractivity (Wildman–Crippen MR) is 144 cm³/mol. The Labute approximate surface area is 224 Å². The third-order valence-electron chi connectivity index (χ3n) is 9.00. The molecule has 2 aromatic heterocycles. The lowest BCUT2D eigenvalue weighted by molar-refractivity contribution is -0.160. The van der Waals surface area contributed by atoms with Crippen molar-refractivity contribution in [2.45, 2.75) is 103 Å². The minimum atomic E-state index is -0.621. The van der Waals surface area contributed by atoms with Crippen molar-refractivity contribution >= 4 is 22.9 Å². The third kappa shape index (κ3) is 4.47. The quantitative estimate of drug-likeness (QED) is 0.550. The van der Waals surface area contributed by atoms with Crippen LogP contribution in [-0.4, -0.2) is 62.2 Å². The van der Waals surface area contributed by atoms with E-state index in [0.29, 0.717) is 11.7 Å². The fourth-order valence-electron chi connectivity index (χ4n) is 7.28. The summed E-state index contributed by atoms with van der Waals surface area (Å²) in [5.41, 5.74) is 8.22. The molecule has 3 fully saturated rings. The molecule has 206 valence electrons. The van der Waals surface area contributed by atoms with Gasteiger partial charge < -0.3 is 29.4 Å². The van der Waals surface area contributed by atoms with Gasteiger partial charge in [-0.2, -0.15) is 0 Å². The molecule has 4 aliphatic rings. The topological polar surface area (TPSA) is 105 Å². The molecular weight excluding hydrogens is 482 g/mol. The van der Waals surface area contributed by atoms with Gasteiger partial charge in [0, 0.05) is 19.3 Å². The highest BCUT2D eigenvalue weighted by atomic mass is 16.8. The number of aromatic nitrogens is 3. The molecule has 38 heavy (non-hydrogen) atoms. The van der Waals surface area contributed by atoms with Gasteiger partial charge in [-0.25, -0.2) is 14.8 Å². The Morgan fingerprint density at radius 2 is 1.89 bits per heavy atom. The van der Waals surface area contributed by atoms with Crippen molar-refractivity contribution < 1.29 is 19.0 Å². The van der Waals surface area contributed by atoms with Gasteiger partial charge in [0.25, 0.3) is 0 Å². The Morgan fingerprint density at radius 3 is 2.63 bits per heavy atom. The molecule has 2 aromatic rings. The average Bonchev–Trinajstić information content (AvgIpc) is 3.57. The monoisotopic (exact) mass is 523 g/mol. The van der Waals surface area contributed by atoms with E-state index in [1.54, 1.807) is 5.57 Å². The summed E-state index contributed by atoms with van der Waals surface area (Å²) in [6.07, 6.45) is 12.0. The number of allylic oxidation sites excluding steroid dienone is 2. The van der Waals surface area contributed by atoms with Gasteiger partial charge in [0.2, 0.25) is 0 Å². The van der Waals surface area contributed by atoms with Crippen molar-refractivity contribution in [1.82, 2.24) is 19.4 Å². The first-order valence-corrected chi connectivity index (χ1v) is 14.0. The second-order valence-electron chi connectivity index (χ2n) is 13.1. The van der Waals surface area contributed by atoms with E-state index in [0.717, 1.165) is 62.6 Å². The number of carbonyl (C=O) groups is 1. The molecule has 1 saturated carbocycles. The number of hydrogen-bond donors (Lipinski definition) is 1. The fourth-order valence-corrected chi connectivity index (χ4v) is 7.28. The number of fused-ring (bicyclic) bond motifs is 2. The number of hydrogen-bond acceptors (Lipinski definition) is 7. The highest BCUT2D eigenvalue weighted by Crippen LogP contribution is 2.54. The van der Waals surface area contributed by atoms with Crippen LogP contribution in [0.1, 0.15) is 79.2 Å². The zero-order valence-corrected chi connectivity index (χ0v) is 23.3. The van der Waals surface area contributed by atoms with Crippen molar-refractivity contribution in [1.29, 1.82) is 0 Å².